The van der Waals surface area contributed by atoms with Crippen LogP contribution >= 0.6 is 0 Å². The van der Waals surface area contributed by atoms with Gasteiger partial charge in [0.1, 0.15) is 5.76 Å². The third kappa shape index (κ3) is 6.06. The van der Waals surface area contributed by atoms with Crippen LogP contribution in [0, 0.1) is 0 Å². The summed E-state index contributed by atoms with van der Waals surface area (Å²) in [5.74, 6) is 1.56. The van der Waals surface area contributed by atoms with Crippen molar-refractivity contribution in [2.24, 2.45) is 4.99 Å². The maximum absolute atomic E-state index is 12.2. The second-order valence-electron chi connectivity index (χ2n) is 6.87. The lowest BCUT2D eigenvalue weighted by Crippen LogP contribution is -2.44. The van der Waals surface area contributed by atoms with Crippen LogP contribution in [0.25, 0.3) is 0 Å². The van der Waals surface area contributed by atoms with Gasteiger partial charge >= 0.3 is 0 Å². The first-order valence-electron chi connectivity index (χ1n) is 9.87. The van der Waals surface area contributed by atoms with E-state index in [1.165, 1.54) is 12.8 Å². The highest BCUT2D eigenvalue weighted by Crippen LogP contribution is 2.24. The summed E-state index contributed by atoms with van der Waals surface area (Å²) in [6, 6.07) is 12.4. The molecule has 0 spiro atoms. The lowest BCUT2D eigenvalue weighted by molar-refractivity contribution is 0.215. The fourth-order valence-corrected chi connectivity index (χ4v) is 4.46. The number of likely N-dealkylation sites (tertiary alicyclic amines) is 1. The number of guanidine groups is 1. The van der Waals surface area contributed by atoms with Gasteiger partial charge in [-0.1, -0.05) is 18.2 Å². The van der Waals surface area contributed by atoms with E-state index in [0.717, 1.165) is 18.8 Å². The first-order chi connectivity index (χ1) is 14.1. The van der Waals surface area contributed by atoms with Crippen molar-refractivity contribution in [2.45, 2.75) is 23.8 Å². The number of hydrogen-bond acceptors (Lipinski definition) is 5. The topological polar surface area (TPSA) is 99.0 Å². The van der Waals surface area contributed by atoms with Crippen molar-refractivity contribution in [2.75, 3.05) is 39.8 Å². The molecule has 0 amide bonds. The summed E-state index contributed by atoms with van der Waals surface area (Å²) in [7, 11) is -1.81. The quantitative estimate of drug-likeness (QED) is 0.324. The molecule has 1 saturated heterocycles. The van der Waals surface area contributed by atoms with E-state index in [1.807, 2.05) is 12.1 Å². The normalized spacial score (nSPS) is 16.7. The van der Waals surface area contributed by atoms with Crippen LogP contribution in [0.4, 0.5) is 0 Å². The highest BCUT2D eigenvalue weighted by atomic mass is 32.2. The van der Waals surface area contributed by atoms with Gasteiger partial charge in [-0.2, -0.15) is 0 Å². The Balaban J connectivity index is 1.46. The minimum atomic E-state index is -3.50. The highest BCUT2D eigenvalue weighted by molar-refractivity contribution is 7.89. The number of aliphatic imine (C=N–C) groups is 1. The highest BCUT2D eigenvalue weighted by Gasteiger charge is 2.25. The van der Waals surface area contributed by atoms with Crippen molar-refractivity contribution >= 4 is 16.0 Å². The van der Waals surface area contributed by atoms with E-state index < -0.39 is 10.0 Å². The standard InChI is InChI=1S/C20H29N5O3S/c1-21-20(22-11-12-24-29(26,27)17-8-3-2-4-9-17)23-16-18(19-10-7-15-28-19)25-13-5-6-14-25/h2-4,7-10,15,18,24H,5-6,11-14,16H2,1H3,(H2,21,22,23). The molecule has 0 bridgehead atoms. The molecule has 8 nitrogen and oxygen atoms in total. The van der Waals surface area contributed by atoms with Crippen molar-refractivity contribution < 1.29 is 12.8 Å². The number of benzene rings is 1. The molecule has 1 unspecified atom stereocenters. The Bertz CT molecular complexity index is 863. The summed E-state index contributed by atoms with van der Waals surface area (Å²) in [5, 5.41) is 6.47. The van der Waals surface area contributed by atoms with Crippen molar-refractivity contribution in [3.8, 4) is 0 Å². The number of nitrogens with zero attached hydrogens (tertiary/aromatic N) is 2. The number of hydrogen-bond donors (Lipinski definition) is 3. The molecule has 3 N–H and O–H groups in total. The van der Waals surface area contributed by atoms with E-state index in [1.54, 1.807) is 43.6 Å². The zero-order chi connectivity index (χ0) is 20.5. The van der Waals surface area contributed by atoms with E-state index in [2.05, 4.69) is 25.2 Å². The first kappa shape index (κ1) is 21.4. The number of rotatable bonds is 9. The predicted molar refractivity (Wildman–Crippen MR) is 113 cm³/mol. The number of nitrogens with one attached hydrogen (secondary N) is 3. The Kier molecular flexibility index (Phi) is 7.68. The van der Waals surface area contributed by atoms with Crippen LogP contribution in [0.1, 0.15) is 24.6 Å². The number of sulfonamides is 1. The van der Waals surface area contributed by atoms with Gasteiger partial charge in [0, 0.05) is 26.7 Å². The predicted octanol–water partition coefficient (Wildman–Crippen LogP) is 1.56. The average molecular weight is 420 g/mol. The lowest BCUT2D eigenvalue weighted by Gasteiger charge is -2.26. The Morgan fingerprint density at radius 2 is 1.86 bits per heavy atom. The van der Waals surface area contributed by atoms with Crippen LogP contribution in [-0.2, 0) is 10.0 Å². The fourth-order valence-electron chi connectivity index (χ4n) is 3.41. The summed E-state index contributed by atoms with van der Waals surface area (Å²) >= 11 is 0. The van der Waals surface area contributed by atoms with Crippen molar-refractivity contribution in [1.29, 1.82) is 0 Å². The Morgan fingerprint density at radius 1 is 1.10 bits per heavy atom. The monoisotopic (exact) mass is 419 g/mol. The van der Waals surface area contributed by atoms with Crippen LogP contribution < -0.4 is 15.4 Å². The molecular weight excluding hydrogens is 390 g/mol. The second kappa shape index (κ2) is 10.4. The second-order valence-corrected chi connectivity index (χ2v) is 8.63. The molecular formula is C20H29N5O3S. The van der Waals surface area contributed by atoms with E-state index in [4.69, 9.17) is 4.42 Å². The molecule has 1 aliphatic heterocycles. The molecule has 9 heteroatoms. The van der Waals surface area contributed by atoms with E-state index in [0.29, 0.717) is 19.0 Å². The summed E-state index contributed by atoms with van der Waals surface area (Å²) in [6.07, 6.45) is 4.10. The largest absolute Gasteiger partial charge is 0.468 e. The van der Waals surface area contributed by atoms with Crippen LogP contribution in [0.15, 0.2) is 63.0 Å². The van der Waals surface area contributed by atoms with Crippen LogP contribution in [0.2, 0.25) is 0 Å². The Morgan fingerprint density at radius 3 is 2.52 bits per heavy atom. The van der Waals surface area contributed by atoms with E-state index in [9.17, 15) is 8.42 Å². The van der Waals surface area contributed by atoms with Gasteiger partial charge in [-0.25, -0.2) is 13.1 Å². The number of furan rings is 1. The molecule has 0 saturated carbocycles. The van der Waals surface area contributed by atoms with E-state index in [-0.39, 0.29) is 17.5 Å². The van der Waals surface area contributed by atoms with Gasteiger partial charge in [0.25, 0.3) is 0 Å². The molecule has 2 heterocycles. The minimum Gasteiger partial charge on any atom is -0.468 e. The van der Waals surface area contributed by atoms with Crippen molar-refractivity contribution in [3.05, 3.63) is 54.5 Å². The molecule has 2 aromatic rings. The fraction of sp³-hybridized carbons (Fsp3) is 0.450. The van der Waals surface area contributed by atoms with Gasteiger partial charge in [-0.15, -0.1) is 0 Å². The lowest BCUT2D eigenvalue weighted by atomic mass is 10.2. The Hall–Kier alpha value is -2.36. The molecule has 29 heavy (non-hydrogen) atoms. The van der Waals surface area contributed by atoms with E-state index >= 15 is 0 Å². The Labute approximate surface area is 172 Å². The molecule has 1 aromatic carbocycles. The molecule has 0 radical (unpaired) electrons. The molecule has 3 rings (SSSR count). The van der Waals surface area contributed by atoms with Gasteiger partial charge in [0.2, 0.25) is 10.0 Å². The van der Waals surface area contributed by atoms with Gasteiger partial charge < -0.3 is 15.1 Å². The molecule has 1 atom stereocenters. The maximum Gasteiger partial charge on any atom is 0.240 e. The summed E-state index contributed by atoms with van der Waals surface area (Å²) in [4.78, 5) is 6.90. The van der Waals surface area contributed by atoms with Gasteiger partial charge in [0.15, 0.2) is 5.96 Å². The molecule has 158 valence electrons. The van der Waals surface area contributed by atoms with Gasteiger partial charge in [-0.3, -0.25) is 9.89 Å². The van der Waals surface area contributed by atoms with Gasteiger partial charge in [0.05, 0.1) is 17.2 Å². The summed E-state index contributed by atoms with van der Waals surface area (Å²) in [6.45, 7) is 3.44. The summed E-state index contributed by atoms with van der Waals surface area (Å²) in [5.41, 5.74) is 0. The summed E-state index contributed by atoms with van der Waals surface area (Å²) < 4.78 is 32.7. The van der Waals surface area contributed by atoms with Crippen LogP contribution in [0.3, 0.4) is 0 Å². The van der Waals surface area contributed by atoms with Crippen molar-refractivity contribution in [3.63, 3.8) is 0 Å². The minimum absolute atomic E-state index is 0.141. The first-order valence-corrected chi connectivity index (χ1v) is 11.3. The zero-order valence-corrected chi connectivity index (χ0v) is 17.5. The third-order valence-electron chi connectivity index (χ3n) is 4.90. The average Bonchev–Trinajstić information content (AvgIpc) is 3.45. The molecule has 1 aliphatic rings. The van der Waals surface area contributed by atoms with Crippen molar-refractivity contribution in [1.82, 2.24) is 20.3 Å². The van der Waals surface area contributed by atoms with Crippen LogP contribution in [0.5, 0.6) is 0 Å². The van der Waals surface area contributed by atoms with Gasteiger partial charge in [-0.05, 0) is 50.2 Å². The van der Waals surface area contributed by atoms with Crippen LogP contribution in [-0.4, -0.2) is 59.0 Å². The zero-order valence-electron chi connectivity index (χ0n) is 16.7. The molecule has 1 fully saturated rings. The third-order valence-corrected chi connectivity index (χ3v) is 6.38. The smallest absolute Gasteiger partial charge is 0.240 e. The maximum atomic E-state index is 12.2. The molecule has 1 aromatic heterocycles. The molecule has 0 aliphatic carbocycles. The SMILES string of the molecule is CN=C(NCCNS(=O)(=O)c1ccccc1)NCC(c1ccco1)N1CCCC1.